The van der Waals surface area contributed by atoms with Gasteiger partial charge in [-0.3, -0.25) is 4.79 Å². The molecule has 3 rings (SSSR count). The number of amides is 1. The van der Waals surface area contributed by atoms with Crippen molar-refractivity contribution >= 4 is 52.4 Å². The number of carbonyl (C=O) groups is 1. The van der Waals surface area contributed by atoms with Crippen LogP contribution < -0.4 is 9.62 Å². The van der Waals surface area contributed by atoms with E-state index in [-0.39, 0.29) is 10.9 Å². The average Bonchev–Trinajstić information content (AvgIpc) is 3.18. The highest BCUT2D eigenvalue weighted by Gasteiger charge is 2.20. The zero-order valence-corrected chi connectivity index (χ0v) is 16.5. The Hall–Kier alpha value is -1.87. The third-order valence-electron chi connectivity index (χ3n) is 4.09. The topological polar surface area (TPSA) is 56.1 Å². The van der Waals surface area contributed by atoms with Crippen molar-refractivity contribution in [3.63, 3.8) is 0 Å². The van der Waals surface area contributed by atoms with Crippen LogP contribution in [-0.4, -0.2) is 18.2 Å². The molecule has 0 saturated carbocycles. The lowest BCUT2D eigenvalue weighted by molar-refractivity contribution is 0.102. The van der Waals surface area contributed by atoms with E-state index in [1.165, 1.54) is 0 Å². The van der Waals surface area contributed by atoms with E-state index in [1.807, 2.05) is 19.1 Å². The van der Waals surface area contributed by atoms with E-state index in [4.69, 9.17) is 28.5 Å². The first-order valence-corrected chi connectivity index (χ1v) is 9.96. The molecule has 1 fully saturated rings. The molecule has 1 aliphatic heterocycles. The van der Waals surface area contributed by atoms with Crippen LogP contribution in [0, 0.1) is 11.3 Å². The molecule has 1 saturated heterocycles. The monoisotopic (exact) mass is 405 g/mol. The second-order valence-corrected chi connectivity index (χ2v) is 7.81. The second-order valence-electron chi connectivity index (χ2n) is 5.92. The number of nitrogens with one attached hydrogen (secondary N) is 1. The number of anilines is 2. The first-order valence-electron chi connectivity index (χ1n) is 8.26. The fourth-order valence-electron chi connectivity index (χ4n) is 2.77. The van der Waals surface area contributed by atoms with E-state index in [9.17, 15) is 4.79 Å². The van der Waals surface area contributed by atoms with Crippen molar-refractivity contribution in [3.05, 3.63) is 57.1 Å². The number of nitrogens with zero attached hydrogens (tertiary/aromatic N) is 2. The Balaban J connectivity index is 1.91. The van der Waals surface area contributed by atoms with Crippen molar-refractivity contribution in [2.75, 3.05) is 21.9 Å². The van der Waals surface area contributed by atoms with Crippen molar-refractivity contribution in [2.45, 2.75) is 19.8 Å². The van der Waals surface area contributed by atoms with E-state index < -0.39 is 0 Å². The maximum Gasteiger partial charge on any atom is 0.257 e. The van der Waals surface area contributed by atoms with Crippen LogP contribution in [0.15, 0.2) is 30.3 Å². The molecule has 1 heterocycles. The molecule has 0 unspecified atom stereocenters. The smallest absolute Gasteiger partial charge is 0.257 e. The van der Waals surface area contributed by atoms with Gasteiger partial charge >= 0.3 is 0 Å². The maximum atomic E-state index is 12.8. The molecule has 2 aromatic carbocycles. The molecule has 1 N–H and O–H groups in total. The zero-order chi connectivity index (χ0) is 18.7. The highest BCUT2D eigenvalue weighted by Crippen LogP contribution is 2.36. The molecule has 0 bridgehead atoms. The molecule has 26 heavy (non-hydrogen) atoms. The Morgan fingerprint density at radius 3 is 2.77 bits per heavy atom. The van der Waals surface area contributed by atoms with E-state index in [0.29, 0.717) is 21.8 Å². The first kappa shape index (κ1) is 18.9. The normalized spacial score (nSPS) is 13.5. The molecule has 7 heteroatoms. The van der Waals surface area contributed by atoms with Gasteiger partial charge in [-0.15, -0.1) is 0 Å². The average molecular weight is 406 g/mol. The lowest BCUT2D eigenvalue weighted by Gasteiger charge is -2.18. The van der Waals surface area contributed by atoms with Crippen LogP contribution >= 0.6 is 35.1 Å². The molecule has 0 spiro atoms. The quantitative estimate of drug-likeness (QED) is 0.678. The minimum atomic E-state index is -0.347. The zero-order valence-electron chi connectivity index (χ0n) is 14.2. The number of hydrogen-bond donors (Lipinski definition) is 1. The minimum Gasteiger partial charge on any atom is -0.322 e. The van der Waals surface area contributed by atoms with Gasteiger partial charge in [0.1, 0.15) is 0 Å². The van der Waals surface area contributed by atoms with Gasteiger partial charge in [0.05, 0.1) is 27.2 Å². The standard InChI is InChI=1S/C19H17Cl2N3OS/c1-2-12-6-13(11-22)8-14(7-12)23-19(25)16-9-15(10-17(20)18(16)21)24-4-3-5-26-24/h6-10H,2-5H2,1H3,(H,23,25). The van der Waals surface area contributed by atoms with Crippen molar-refractivity contribution < 1.29 is 4.79 Å². The predicted octanol–water partition coefficient (Wildman–Crippen LogP) is 5.54. The van der Waals surface area contributed by atoms with Gasteiger partial charge in [0.2, 0.25) is 0 Å². The third kappa shape index (κ3) is 4.09. The van der Waals surface area contributed by atoms with E-state index in [1.54, 1.807) is 30.1 Å². The number of hydrogen-bond acceptors (Lipinski definition) is 4. The number of nitriles is 1. The van der Waals surface area contributed by atoms with Crippen molar-refractivity contribution in [1.82, 2.24) is 0 Å². The molecule has 1 amide bonds. The molecule has 0 aromatic heterocycles. The fourth-order valence-corrected chi connectivity index (χ4v) is 4.17. The summed E-state index contributed by atoms with van der Waals surface area (Å²) in [6, 6.07) is 11.0. The minimum absolute atomic E-state index is 0.226. The molecular weight excluding hydrogens is 389 g/mol. The van der Waals surface area contributed by atoms with Crippen LogP contribution in [-0.2, 0) is 6.42 Å². The molecule has 2 aromatic rings. The van der Waals surface area contributed by atoms with Crippen LogP contribution in [0.5, 0.6) is 0 Å². The molecule has 0 atom stereocenters. The number of aryl methyl sites for hydroxylation is 1. The van der Waals surface area contributed by atoms with Crippen LogP contribution in [0.2, 0.25) is 10.0 Å². The summed E-state index contributed by atoms with van der Waals surface area (Å²) >= 11 is 14.2. The van der Waals surface area contributed by atoms with E-state index in [2.05, 4.69) is 15.7 Å². The van der Waals surface area contributed by atoms with Crippen LogP contribution in [0.3, 0.4) is 0 Å². The second kappa shape index (κ2) is 8.22. The van der Waals surface area contributed by atoms with Gasteiger partial charge in [-0.25, -0.2) is 0 Å². The Bertz CT molecular complexity index is 889. The van der Waals surface area contributed by atoms with Gasteiger partial charge in [0, 0.05) is 23.7 Å². The van der Waals surface area contributed by atoms with Crippen molar-refractivity contribution in [2.24, 2.45) is 0 Å². The highest BCUT2D eigenvalue weighted by atomic mass is 35.5. The maximum absolute atomic E-state index is 12.8. The molecular formula is C19H17Cl2N3OS. The van der Waals surface area contributed by atoms with Crippen molar-refractivity contribution in [1.29, 1.82) is 5.26 Å². The Labute approximate surface area is 167 Å². The Kier molecular flexibility index (Phi) is 5.98. The van der Waals surface area contributed by atoms with Crippen LogP contribution in [0.25, 0.3) is 0 Å². The summed E-state index contributed by atoms with van der Waals surface area (Å²) in [5, 5.41) is 12.6. The summed E-state index contributed by atoms with van der Waals surface area (Å²) in [7, 11) is 0. The first-order chi connectivity index (χ1) is 12.5. The number of benzene rings is 2. The summed E-state index contributed by atoms with van der Waals surface area (Å²) in [4.78, 5) is 12.8. The summed E-state index contributed by atoms with van der Waals surface area (Å²) in [5.74, 6) is 0.697. The fraction of sp³-hybridized carbons (Fsp3) is 0.263. The lowest BCUT2D eigenvalue weighted by Crippen LogP contribution is -2.15. The molecule has 0 aliphatic carbocycles. The van der Waals surface area contributed by atoms with Crippen LogP contribution in [0.1, 0.15) is 34.8 Å². The number of rotatable bonds is 4. The van der Waals surface area contributed by atoms with Gasteiger partial charge in [-0.1, -0.05) is 30.1 Å². The van der Waals surface area contributed by atoms with Crippen LogP contribution in [0.4, 0.5) is 11.4 Å². The summed E-state index contributed by atoms with van der Waals surface area (Å²) in [5.41, 5.74) is 3.24. The predicted molar refractivity (Wildman–Crippen MR) is 109 cm³/mol. The van der Waals surface area contributed by atoms with Gasteiger partial charge in [-0.2, -0.15) is 5.26 Å². The number of halogens is 2. The Morgan fingerprint density at radius 1 is 1.31 bits per heavy atom. The van der Waals surface area contributed by atoms with E-state index >= 15 is 0 Å². The Morgan fingerprint density at radius 2 is 2.12 bits per heavy atom. The molecule has 4 nitrogen and oxygen atoms in total. The van der Waals surface area contributed by atoms with E-state index in [0.717, 1.165) is 36.4 Å². The summed E-state index contributed by atoms with van der Waals surface area (Å²) in [6.45, 7) is 2.91. The number of carbonyl (C=O) groups excluding carboxylic acids is 1. The van der Waals surface area contributed by atoms with Gasteiger partial charge in [0.15, 0.2) is 0 Å². The van der Waals surface area contributed by atoms with Gasteiger partial charge in [0.25, 0.3) is 5.91 Å². The largest absolute Gasteiger partial charge is 0.322 e. The summed E-state index contributed by atoms with van der Waals surface area (Å²) in [6.07, 6.45) is 1.86. The summed E-state index contributed by atoms with van der Waals surface area (Å²) < 4.78 is 2.12. The third-order valence-corrected chi connectivity index (χ3v) is 6.06. The lowest BCUT2D eigenvalue weighted by atomic mass is 10.1. The molecule has 0 radical (unpaired) electrons. The SMILES string of the molecule is CCc1cc(C#N)cc(NC(=O)c2cc(N3CCCS3)cc(Cl)c2Cl)c1. The molecule has 1 aliphatic rings. The van der Waals surface area contributed by atoms with Gasteiger partial charge < -0.3 is 9.62 Å². The highest BCUT2D eigenvalue weighted by molar-refractivity contribution is 8.00. The molecule has 134 valence electrons. The van der Waals surface area contributed by atoms with Crippen molar-refractivity contribution in [3.8, 4) is 6.07 Å². The van der Waals surface area contributed by atoms with Gasteiger partial charge in [-0.05, 0) is 60.7 Å².